The van der Waals surface area contributed by atoms with E-state index in [9.17, 15) is 9.18 Å². The first-order valence-corrected chi connectivity index (χ1v) is 9.96. The number of rotatable bonds is 3. The summed E-state index contributed by atoms with van der Waals surface area (Å²) >= 11 is 0. The Balaban J connectivity index is 1.54. The van der Waals surface area contributed by atoms with Crippen LogP contribution in [0.15, 0.2) is 54.7 Å². The molecule has 1 fully saturated rings. The number of carbonyl (C=O) groups is 1. The topological polar surface area (TPSA) is 46.1 Å². The third-order valence-electron chi connectivity index (χ3n) is 5.53. The number of amides is 1. The van der Waals surface area contributed by atoms with E-state index in [0.29, 0.717) is 30.0 Å². The molecule has 148 valence electrons. The number of piperidine rings is 1. The Bertz CT molecular complexity index is 1030. The molecule has 1 atom stereocenters. The van der Waals surface area contributed by atoms with Crippen LogP contribution in [0.5, 0.6) is 0 Å². The zero-order chi connectivity index (χ0) is 20.4. The van der Waals surface area contributed by atoms with Gasteiger partial charge < -0.3 is 4.90 Å². The van der Waals surface area contributed by atoms with Crippen molar-refractivity contribution in [2.75, 3.05) is 13.1 Å². The molecule has 2 heterocycles. The monoisotopic (exact) mass is 389 g/mol. The van der Waals surface area contributed by atoms with Crippen LogP contribution in [0, 0.1) is 19.7 Å². The van der Waals surface area contributed by atoms with Gasteiger partial charge in [0.15, 0.2) is 5.82 Å². The fourth-order valence-corrected chi connectivity index (χ4v) is 3.75. The molecule has 0 radical (unpaired) electrons. The van der Waals surface area contributed by atoms with Crippen LogP contribution in [0.25, 0.3) is 11.4 Å². The lowest BCUT2D eigenvalue weighted by atomic mass is 9.94. The number of halogens is 1. The van der Waals surface area contributed by atoms with Gasteiger partial charge in [-0.1, -0.05) is 35.9 Å². The molecule has 0 spiro atoms. The molecule has 0 N–H and O–H groups in total. The van der Waals surface area contributed by atoms with Crippen molar-refractivity contribution in [1.82, 2.24) is 14.9 Å². The van der Waals surface area contributed by atoms with Crippen LogP contribution in [0.3, 0.4) is 0 Å². The van der Waals surface area contributed by atoms with Crippen molar-refractivity contribution in [1.29, 1.82) is 0 Å². The standard InChI is InChI=1S/C24H24FN3O/c1-16-5-8-18(9-6-16)23-26-12-11-22(27-23)20-4-3-13-28(15-20)24(29)19-10-7-17(2)21(25)14-19/h5-12,14,20H,3-4,13,15H2,1-2H3/t20-/m1/s1. The van der Waals surface area contributed by atoms with E-state index >= 15 is 0 Å². The lowest BCUT2D eigenvalue weighted by Gasteiger charge is -2.32. The Labute approximate surface area is 170 Å². The van der Waals surface area contributed by atoms with Gasteiger partial charge >= 0.3 is 0 Å². The summed E-state index contributed by atoms with van der Waals surface area (Å²) in [6.07, 6.45) is 3.65. The van der Waals surface area contributed by atoms with Crippen molar-refractivity contribution >= 4 is 5.91 Å². The predicted octanol–water partition coefficient (Wildman–Crippen LogP) is 4.92. The number of hydrogen-bond donors (Lipinski definition) is 0. The van der Waals surface area contributed by atoms with Gasteiger partial charge in [-0.15, -0.1) is 0 Å². The molecular weight excluding hydrogens is 365 g/mol. The average molecular weight is 389 g/mol. The molecule has 1 aromatic heterocycles. The molecule has 1 aliphatic heterocycles. The Morgan fingerprint density at radius 2 is 1.90 bits per heavy atom. The fraction of sp³-hybridized carbons (Fsp3) is 0.292. The maximum absolute atomic E-state index is 13.9. The van der Waals surface area contributed by atoms with Crippen molar-refractivity contribution in [2.45, 2.75) is 32.6 Å². The SMILES string of the molecule is Cc1ccc(-c2nccc([C@@H]3CCCN(C(=O)c4ccc(C)c(F)c4)C3)n2)cc1. The number of nitrogens with zero attached hydrogens (tertiary/aromatic N) is 3. The summed E-state index contributed by atoms with van der Waals surface area (Å²) in [5, 5.41) is 0. The first-order valence-electron chi connectivity index (χ1n) is 9.96. The van der Waals surface area contributed by atoms with Crippen molar-refractivity contribution in [3.05, 3.63) is 82.9 Å². The Kier molecular flexibility index (Phi) is 5.38. The van der Waals surface area contributed by atoms with Gasteiger partial charge in [0, 0.05) is 42.0 Å². The lowest BCUT2D eigenvalue weighted by Crippen LogP contribution is -2.39. The summed E-state index contributed by atoms with van der Waals surface area (Å²) in [6.45, 7) is 5.01. The van der Waals surface area contributed by atoms with Gasteiger partial charge in [-0.3, -0.25) is 4.79 Å². The minimum atomic E-state index is -0.344. The zero-order valence-corrected chi connectivity index (χ0v) is 16.7. The van der Waals surface area contributed by atoms with E-state index in [1.165, 1.54) is 11.6 Å². The second-order valence-electron chi connectivity index (χ2n) is 7.73. The van der Waals surface area contributed by atoms with Crippen molar-refractivity contribution in [2.24, 2.45) is 0 Å². The summed E-state index contributed by atoms with van der Waals surface area (Å²) in [5.74, 6) is 0.381. The summed E-state index contributed by atoms with van der Waals surface area (Å²) in [7, 11) is 0. The largest absolute Gasteiger partial charge is 0.338 e. The summed E-state index contributed by atoms with van der Waals surface area (Å²) in [5.41, 5.74) is 4.07. The van der Waals surface area contributed by atoms with Gasteiger partial charge in [0.05, 0.1) is 0 Å². The Morgan fingerprint density at radius 3 is 2.66 bits per heavy atom. The Morgan fingerprint density at radius 1 is 1.10 bits per heavy atom. The van der Waals surface area contributed by atoms with Gasteiger partial charge in [0.25, 0.3) is 5.91 Å². The fourth-order valence-electron chi connectivity index (χ4n) is 3.75. The number of aryl methyl sites for hydroxylation is 2. The normalized spacial score (nSPS) is 16.7. The van der Waals surface area contributed by atoms with Crippen molar-refractivity contribution in [3.63, 3.8) is 0 Å². The second-order valence-corrected chi connectivity index (χ2v) is 7.73. The van der Waals surface area contributed by atoms with Crippen LogP contribution >= 0.6 is 0 Å². The Hall–Kier alpha value is -3.08. The summed E-state index contributed by atoms with van der Waals surface area (Å²) in [6, 6.07) is 14.8. The highest BCUT2D eigenvalue weighted by Gasteiger charge is 2.27. The highest BCUT2D eigenvalue weighted by Crippen LogP contribution is 2.28. The molecule has 4 nitrogen and oxygen atoms in total. The van der Waals surface area contributed by atoms with Gasteiger partial charge in [-0.05, 0) is 50.5 Å². The number of likely N-dealkylation sites (tertiary alicyclic amines) is 1. The molecule has 4 rings (SSSR count). The smallest absolute Gasteiger partial charge is 0.253 e. The minimum Gasteiger partial charge on any atom is -0.338 e. The molecule has 0 bridgehead atoms. The summed E-state index contributed by atoms with van der Waals surface area (Å²) in [4.78, 5) is 23.9. The predicted molar refractivity (Wildman–Crippen MR) is 111 cm³/mol. The maximum Gasteiger partial charge on any atom is 0.253 e. The van der Waals surface area contributed by atoms with E-state index in [1.807, 2.05) is 35.2 Å². The van der Waals surface area contributed by atoms with Gasteiger partial charge in [0.1, 0.15) is 5.82 Å². The van der Waals surface area contributed by atoms with Gasteiger partial charge in [-0.2, -0.15) is 0 Å². The molecule has 0 saturated carbocycles. The third kappa shape index (κ3) is 4.19. The van der Waals surface area contributed by atoms with E-state index in [-0.39, 0.29) is 17.6 Å². The number of carbonyl (C=O) groups excluding carboxylic acids is 1. The first-order chi connectivity index (χ1) is 14.0. The highest BCUT2D eigenvalue weighted by atomic mass is 19.1. The molecule has 3 aromatic rings. The molecule has 2 aromatic carbocycles. The molecule has 5 heteroatoms. The van der Waals surface area contributed by atoms with Crippen LogP contribution in [-0.2, 0) is 0 Å². The average Bonchev–Trinajstić information content (AvgIpc) is 2.76. The van der Waals surface area contributed by atoms with E-state index < -0.39 is 0 Å². The van der Waals surface area contributed by atoms with Crippen molar-refractivity contribution in [3.8, 4) is 11.4 Å². The number of benzene rings is 2. The summed E-state index contributed by atoms with van der Waals surface area (Å²) < 4.78 is 13.9. The zero-order valence-electron chi connectivity index (χ0n) is 16.7. The van der Waals surface area contributed by atoms with Crippen LogP contribution in [0.1, 0.15) is 45.9 Å². The van der Waals surface area contributed by atoms with E-state index in [2.05, 4.69) is 11.9 Å². The van der Waals surface area contributed by atoms with E-state index in [4.69, 9.17) is 4.98 Å². The highest BCUT2D eigenvalue weighted by molar-refractivity contribution is 5.94. The van der Waals surface area contributed by atoms with E-state index in [1.54, 1.807) is 25.3 Å². The molecule has 0 aliphatic carbocycles. The van der Waals surface area contributed by atoms with Gasteiger partial charge in [0.2, 0.25) is 0 Å². The lowest BCUT2D eigenvalue weighted by molar-refractivity contribution is 0.0705. The molecular formula is C24H24FN3O. The van der Waals surface area contributed by atoms with Gasteiger partial charge in [-0.25, -0.2) is 14.4 Å². The minimum absolute atomic E-state index is 0.124. The second kappa shape index (κ2) is 8.11. The van der Waals surface area contributed by atoms with Crippen LogP contribution < -0.4 is 0 Å². The maximum atomic E-state index is 13.9. The quantitative estimate of drug-likeness (QED) is 0.639. The number of aromatic nitrogens is 2. The van der Waals surface area contributed by atoms with Crippen LogP contribution in [-0.4, -0.2) is 33.9 Å². The molecule has 1 aliphatic rings. The van der Waals surface area contributed by atoms with Crippen LogP contribution in [0.2, 0.25) is 0 Å². The molecule has 1 saturated heterocycles. The van der Waals surface area contributed by atoms with Crippen molar-refractivity contribution < 1.29 is 9.18 Å². The molecule has 29 heavy (non-hydrogen) atoms. The third-order valence-corrected chi connectivity index (χ3v) is 5.53. The van der Waals surface area contributed by atoms with Crippen LogP contribution in [0.4, 0.5) is 4.39 Å². The number of hydrogen-bond acceptors (Lipinski definition) is 3. The molecule has 1 amide bonds. The van der Waals surface area contributed by atoms with E-state index in [0.717, 1.165) is 24.1 Å². The first kappa shape index (κ1) is 19.2. The molecule has 0 unspecified atom stereocenters.